The van der Waals surface area contributed by atoms with Crippen LogP contribution in [-0.4, -0.2) is 13.7 Å². The lowest BCUT2D eigenvalue weighted by atomic mass is 9.92. The van der Waals surface area contributed by atoms with Gasteiger partial charge in [0.25, 0.3) is 0 Å². The summed E-state index contributed by atoms with van der Waals surface area (Å²) in [6, 6.07) is 8.41. The fourth-order valence-corrected chi connectivity index (χ4v) is 1.55. The molecule has 0 aliphatic heterocycles. The summed E-state index contributed by atoms with van der Waals surface area (Å²) in [4.78, 5) is 0. The molecule has 2 nitrogen and oxygen atoms in total. The van der Waals surface area contributed by atoms with Gasteiger partial charge in [0.1, 0.15) is 0 Å². The van der Waals surface area contributed by atoms with E-state index in [1.54, 1.807) is 7.11 Å². The second-order valence-corrected chi connectivity index (χ2v) is 3.84. The third kappa shape index (κ3) is 2.34. The number of nitrogens with two attached hydrogens (primary N) is 1. The molecule has 2 N–H and O–H groups in total. The summed E-state index contributed by atoms with van der Waals surface area (Å²) in [5.41, 5.74) is 7.78. The predicted octanol–water partition coefficient (Wildman–Crippen LogP) is 2.21. The van der Waals surface area contributed by atoms with Crippen LogP contribution in [0.25, 0.3) is 0 Å². The van der Waals surface area contributed by atoms with Crippen molar-refractivity contribution in [3.8, 4) is 0 Å². The summed E-state index contributed by atoms with van der Waals surface area (Å²) in [7, 11) is 1.73. The minimum Gasteiger partial charge on any atom is -0.374 e. The molecule has 0 aliphatic carbocycles. The van der Waals surface area contributed by atoms with Crippen LogP contribution in [0.3, 0.4) is 0 Å². The van der Waals surface area contributed by atoms with Crippen LogP contribution >= 0.6 is 0 Å². The summed E-state index contributed by atoms with van der Waals surface area (Å²) in [6.07, 6.45) is 0.840. The second kappa shape index (κ2) is 4.58. The standard InChI is InChI=1S/C12H19NO/c1-10-4-6-11(7-5-10)12(2,14-3)8-9-13/h4-7H,8-9,13H2,1-3H3. The Balaban J connectivity index is 2.94. The highest BCUT2D eigenvalue weighted by Gasteiger charge is 2.24. The molecule has 0 saturated heterocycles. The van der Waals surface area contributed by atoms with Gasteiger partial charge in [0, 0.05) is 7.11 Å². The Labute approximate surface area is 86.1 Å². The number of ether oxygens (including phenoxy) is 1. The van der Waals surface area contributed by atoms with Crippen LogP contribution in [0.5, 0.6) is 0 Å². The lowest BCUT2D eigenvalue weighted by Gasteiger charge is -2.28. The highest BCUT2D eigenvalue weighted by molar-refractivity contribution is 5.26. The average molecular weight is 193 g/mol. The van der Waals surface area contributed by atoms with Crippen molar-refractivity contribution >= 4 is 0 Å². The van der Waals surface area contributed by atoms with Crippen molar-refractivity contribution in [2.24, 2.45) is 5.73 Å². The van der Waals surface area contributed by atoms with E-state index in [1.165, 1.54) is 11.1 Å². The van der Waals surface area contributed by atoms with Crippen molar-refractivity contribution in [3.05, 3.63) is 35.4 Å². The smallest absolute Gasteiger partial charge is 0.0911 e. The van der Waals surface area contributed by atoms with E-state index < -0.39 is 0 Å². The van der Waals surface area contributed by atoms with E-state index >= 15 is 0 Å². The lowest BCUT2D eigenvalue weighted by molar-refractivity contribution is -0.00339. The number of methoxy groups -OCH3 is 1. The molecule has 0 aromatic heterocycles. The molecule has 78 valence electrons. The van der Waals surface area contributed by atoms with Crippen molar-refractivity contribution in [2.45, 2.75) is 25.9 Å². The Morgan fingerprint density at radius 3 is 2.29 bits per heavy atom. The fraction of sp³-hybridized carbons (Fsp3) is 0.500. The minimum absolute atomic E-state index is 0.248. The average Bonchev–Trinajstić information content (AvgIpc) is 2.19. The van der Waals surface area contributed by atoms with Crippen LogP contribution in [0.4, 0.5) is 0 Å². The topological polar surface area (TPSA) is 35.2 Å². The summed E-state index contributed by atoms with van der Waals surface area (Å²) in [6.45, 7) is 4.79. The van der Waals surface area contributed by atoms with Gasteiger partial charge in [0.15, 0.2) is 0 Å². The van der Waals surface area contributed by atoms with E-state index in [9.17, 15) is 0 Å². The normalized spacial score (nSPS) is 15.1. The van der Waals surface area contributed by atoms with Gasteiger partial charge in [-0.25, -0.2) is 0 Å². The molecule has 1 aromatic rings. The van der Waals surface area contributed by atoms with E-state index in [0.717, 1.165) is 6.42 Å². The van der Waals surface area contributed by atoms with Gasteiger partial charge in [-0.2, -0.15) is 0 Å². The molecule has 1 aromatic carbocycles. The van der Waals surface area contributed by atoms with Gasteiger partial charge in [-0.15, -0.1) is 0 Å². The number of hydrogen-bond donors (Lipinski definition) is 1. The molecule has 0 spiro atoms. The molecular weight excluding hydrogens is 174 g/mol. The number of hydrogen-bond acceptors (Lipinski definition) is 2. The van der Waals surface area contributed by atoms with Crippen molar-refractivity contribution in [1.82, 2.24) is 0 Å². The van der Waals surface area contributed by atoms with Gasteiger partial charge in [-0.1, -0.05) is 29.8 Å². The number of rotatable bonds is 4. The lowest BCUT2D eigenvalue weighted by Crippen LogP contribution is -2.27. The van der Waals surface area contributed by atoms with E-state index in [2.05, 4.69) is 38.1 Å². The predicted molar refractivity (Wildman–Crippen MR) is 59.2 cm³/mol. The van der Waals surface area contributed by atoms with Crippen molar-refractivity contribution in [3.63, 3.8) is 0 Å². The maximum absolute atomic E-state index is 5.58. The molecule has 1 atom stereocenters. The van der Waals surface area contributed by atoms with E-state index in [0.29, 0.717) is 6.54 Å². The van der Waals surface area contributed by atoms with E-state index in [1.807, 2.05) is 0 Å². The van der Waals surface area contributed by atoms with Crippen LogP contribution < -0.4 is 5.73 Å². The van der Waals surface area contributed by atoms with Crippen LogP contribution in [0.1, 0.15) is 24.5 Å². The van der Waals surface area contributed by atoms with E-state index in [-0.39, 0.29) is 5.60 Å². The van der Waals surface area contributed by atoms with Crippen molar-refractivity contribution < 1.29 is 4.74 Å². The van der Waals surface area contributed by atoms with Gasteiger partial charge in [-0.3, -0.25) is 0 Å². The zero-order chi connectivity index (χ0) is 10.6. The van der Waals surface area contributed by atoms with Gasteiger partial charge in [0.2, 0.25) is 0 Å². The first kappa shape index (κ1) is 11.2. The summed E-state index contributed by atoms with van der Waals surface area (Å²) >= 11 is 0. The van der Waals surface area contributed by atoms with Crippen LogP contribution in [0, 0.1) is 6.92 Å². The molecule has 0 radical (unpaired) electrons. The summed E-state index contributed by atoms with van der Waals surface area (Å²) < 4.78 is 5.52. The van der Waals surface area contributed by atoms with Gasteiger partial charge in [-0.05, 0) is 32.4 Å². The molecule has 0 saturated carbocycles. The Morgan fingerprint density at radius 2 is 1.86 bits per heavy atom. The van der Waals surface area contributed by atoms with Crippen LogP contribution in [0.2, 0.25) is 0 Å². The molecule has 14 heavy (non-hydrogen) atoms. The Hall–Kier alpha value is -0.860. The molecular formula is C12H19NO. The molecule has 0 amide bonds. The van der Waals surface area contributed by atoms with E-state index in [4.69, 9.17) is 10.5 Å². The number of aryl methyl sites for hydroxylation is 1. The quantitative estimate of drug-likeness (QED) is 0.795. The SMILES string of the molecule is COC(C)(CCN)c1ccc(C)cc1. The minimum atomic E-state index is -0.248. The maximum Gasteiger partial charge on any atom is 0.0911 e. The zero-order valence-corrected chi connectivity index (χ0v) is 9.21. The maximum atomic E-state index is 5.58. The largest absolute Gasteiger partial charge is 0.374 e. The van der Waals surface area contributed by atoms with Crippen molar-refractivity contribution in [1.29, 1.82) is 0 Å². The number of benzene rings is 1. The fourth-order valence-electron chi connectivity index (χ4n) is 1.55. The molecule has 0 fully saturated rings. The highest BCUT2D eigenvalue weighted by atomic mass is 16.5. The molecule has 0 heterocycles. The van der Waals surface area contributed by atoms with Crippen LogP contribution in [-0.2, 0) is 10.3 Å². The third-order valence-electron chi connectivity index (χ3n) is 2.73. The first-order chi connectivity index (χ1) is 6.62. The van der Waals surface area contributed by atoms with Gasteiger partial charge < -0.3 is 10.5 Å². The van der Waals surface area contributed by atoms with Crippen LogP contribution in [0.15, 0.2) is 24.3 Å². The zero-order valence-electron chi connectivity index (χ0n) is 9.21. The third-order valence-corrected chi connectivity index (χ3v) is 2.73. The Bertz CT molecular complexity index is 281. The summed E-state index contributed by atoms with van der Waals surface area (Å²) in [5, 5.41) is 0. The Morgan fingerprint density at radius 1 is 1.29 bits per heavy atom. The monoisotopic (exact) mass is 193 g/mol. The first-order valence-corrected chi connectivity index (χ1v) is 4.95. The van der Waals surface area contributed by atoms with Gasteiger partial charge in [0.05, 0.1) is 5.60 Å². The first-order valence-electron chi connectivity index (χ1n) is 4.95. The van der Waals surface area contributed by atoms with Crippen molar-refractivity contribution in [2.75, 3.05) is 13.7 Å². The highest BCUT2D eigenvalue weighted by Crippen LogP contribution is 2.27. The second-order valence-electron chi connectivity index (χ2n) is 3.84. The molecule has 2 heteroatoms. The molecule has 0 bridgehead atoms. The Kier molecular flexibility index (Phi) is 3.67. The summed E-state index contributed by atoms with van der Waals surface area (Å²) in [5.74, 6) is 0. The molecule has 0 aliphatic rings. The van der Waals surface area contributed by atoms with Gasteiger partial charge >= 0.3 is 0 Å². The molecule has 1 unspecified atom stereocenters. The molecule has 1 rings (SSSR count).